The maximum absolute atomic E-state index is 12.7. The summed E-state index contributed by atoms with van der Waals surface area (Å²) in [7, 11) is 3.07. The molecular formula is C21H19IN2O5S. The molecule has 1 aliphatic rings. The lowest BCUT2D eigenvalue weighted by Gasteiger charge is -2.13. The Kier molecular flexibility index (Phi) is 7.03. The number of benzene rings is 2. The summed E-state index contributed by atoms with van der Waals surface area (Å²) in [5.74, 6) is 0.169. The zero-order chi connectivity index (χ0) is 21.8. The minimum atomic E-state index is -0.505. The fraction of sp³-hybridized carbons (Fsp3) is 0.190. The van der Waals surface area contributed by atoms with Crippen LogP contribution < -0.4 is 14.8 Å². The Morgan fingerprint density at radius 2 is 1.97 bits per heavy atom. The summed E-state index contributed by atoms with van der Waals surface area (Å²) in [5, 5.41) is 2.22. The maximum atomic E-state index is 12.7. The number of ether oxygens (including phenoxy) is 2. The van der Waals surface area contributed by atoms with Crippen molar-refractivity contribution in [2.24, 2.45) is 0 Å². The number of carbonyl (C=O) groups excluding carboxylic acids is 3. The van der Waals surface area contributed by atoms with Gasteiger partial charge in [-0.2, -0.15) is 0 Å². The number of hydrogen-bond acceptors (Lipinski definition) is 6. The second-order valence-electron chi connectivity index (χ2n) is 6.42. The highest BCUT2D eigenvalue weighted by molar-refractivity contribution is 14.1. The molecule has 0 unspecified atom stereocenters. The Morgan fingerprint density at radius 3 is 2.63 bits per heavy atom. The van der Waals surface area contributed by atoms with Gasteiger partial charge in [0.1, 0.15) is 6.54 Å². The standard InChI is InChI=1S/C21H19IN2O5S/c1-12-5-4-6-14(7-12)23-18(25)11-24-20(26)17(30-21(24)27)10-13-8-15(22)19(29-3)16(9-13)28-2/h4-10H,11H2,1-3H3,(H,23,25)/b17-10+. The molecule has 3 rings (SSSR count). The molecule has 30 heavy (non-hydrogen) atoms. The number of imide groups is 1. The molecule has 7 nitrogen and oxygen atoms in total. The van der Waals surface area contributed by atoms with E-state index in [0.29, 0.717) is 22.7 Å². The van der Waals surface area contributed by atoms with Crippen molar-refractivity contribution >= 4 is 63.2 Å². The van der Waals surface area contributed by atoms with E-state index in [9.17, 15) is 14.4 Å². The molecular weight excluding hydrogens is 519 g/mol. The summed E-state index contributed by atoms with van der Waals surface area (Å²) in [6, 6.07) is 10.8. The van der Waals surface area contributed by atoms with Crippen molar-refractivity contribution < 1.29 is 23.9 Å². The predicted octanol–water partition coefficient (Wildman–Crippen LogP) is 4.29. The number of rotatable bonds is 6. The lowest BCUT2D eigenvalue weighted by Crippen LogP contribution is -2.36. The van der Waals surface area contributed by atoms with Gasteiger partial charge >= 0.3 is 0 Å². The van der Waals surface area contributed by atoms with Crippen LogP contribution in [0.2, 0.25) is 0 Å². The lowest BCUT2D eigenvalue weighted by atomic mass is 10.2. The maximum Gasteiger partial charge on any atom is 0.294 e. The molecule has 1 saturated heterocycles. The van der Waals surface area contributed by atoms with Gasteiger partial charge in [0.25, 0.3) is 11.1 Å². The number of amides is 3. The first-order valence-electron chi connectivity index (χ1n) is 8.85. The van der Waals surface area contributed by atoms with Gasteiger partial charge < -0.3 is 14.8 Å². The van der Waals surface area contributed by atoms with Gasteiger partial charge in [0.2, 0.25) is 5.91 Å². The molecule has 0 spiro atoms. The van der Waals surface area contributed by atoms with E-state index >= 15 is 0 Å². The highest BCUT2D eigenvalue weighted by Gasteiger charge is 2.36. The molecule has 2 aromatic carbocycles. The number of hydrogen-bond donors (Lipinski definition) is 1. The number of carbonyl (C=O) groups is 3. The third-order valence-electron chi connectivity index (χ3n) is 4.23. The molecule has 1 N–H and O–H groups in total. The number of methoxy groups -OCH3 is 2. The van der Waals surface area contributed by atoms with Crippen LogP contribution >= 0.6 is 34.4 Å². The van der Waals surface area contributed by atoms with Crippen LogP contribution in [0.3, 0.4) is 0 Å². The Hall–Kier alpha value is -2.53. The number of nitrogens with zero attached hydrogens (tertiary/aromatic N) is 1. The van der Waals surface area contributed by atoms with Gasteiger partial charge in [-0.1, -0.05) is 12.1 Å². The number of halogens is 1. The van der Waals surface area contributed by atoms with Crippen LogP contribution in [0.1, 0.15) is 11.1 Å². The van der Waals surface area contributed by atoms with Crippen molar-refractivity contribution in [2.45, 2.75) is 6.92 Å². The predicted molar refractivity (Wildman–Crippen MR) is 125 cm³/mol. The first-order chi connectivity index (χ1) is 14.3. The minimum Gasteiger partial charge on any atom is -0.493 e. The van der Waals surface area contributed by atoms with Gasteiger partial charge in [0, 0.05) is 5.69 Å². The Morgan fingerprint density at radius 1 is 1.20 bits per heavy atom. The SMILES string of the molecule is COc1cc(/C=C2/SC(=O)N(CC(=O)Nc3cccc(C)c3)C2=O)cc(I)c1OC. The summed E-state index contributed by atoms with van der Waals surface area (Å²) >= 11 is 2.91. The molecule has 0 saturated carbocycles. The normalized spacial score (nSPS) is 14.9. The second kappa shape index (κ2) is 9.52. The summed E-state index contributed by atoms with van der Waals surface area (Å²) in [6.07, 6.45) is 1.60. The van der Waals surface area contributed by atoms with Crippen LogP contribution in [0.15, 0.2) is 41.3 Å². The Balaban J connectivity index is 1.76. The van der Waals surface area contributed by atoms with E-state index in [0.717, 1.165) is 25.8 Å². The van der Waals surface area contributed by atoms with Crippen LogP contribution in [0.4, 0.5) is 10.5 Å². The first kappa shape index (κ1) is 22.2. The minimum absolute atomic E-state index is 0.242. The van der Waals surface area contributed by atoms with Crippen molar-refractivity contribution in [3.05, 3.63) is 56.0 Å². The topological polar surface area (TPSA) is 84.9 Å². The number of anilines is 1. The molecule has 9 heteroatoms. The second-order valence-corrected chi connectivity index (χ2v) is 8.58. The van der Waals surface area contributed by atoms with Crippen molar-refractivity contribution in [2.75, 3.05) is 26.1 Å². The molecule has 1 fully saturated rings. The van der Waals surface area contributed by atoms with E-state index in [4.69, 9.17) is 9.47 Å². The van der Waals surface area contributed by atoms with Crippen LogP contribution in [-0.4, -0.2) is 42.7 Å². The van der Waals surface area contributed by atoms with Gasteiger partial charge in [-0.3, -0.25) is 19.3 Å². The van der Waals surface area contributed by atoms with E-state index in [1.807, 2.05) is 31.2 Å². The van der Waals surface area contributed by atoms with E-state index in [1.54, 1.807) is 25.3 Å². The van der Waals surface area contributed by atoms with E-state index in [2.05, 4.69) is 27.9 Å². The van der Waals surface area contributed by atoms with Gasteiger partial charge in [0.15, 0.2) is 11.5 Å². The van der Waals surface area contributed by atoms with Crippen LogP contribution in [-0.2, 0) is 9.59 Å². The number of aryl methyl sites for hydroxylation is 1. The molecule has 0 atom stereocenters. The van der Waals surface area contributed by atoms with Crippen LogP contribution in [0.5, 0.6) is 11.5 Å². The molecule has 1 heterocycles. The third-order valence-corrected chi connectivity index (χ3v) is 5.94. The molecule has 0 bridgehead atoms. The van der Waals surface area contributed by atoms with E-state index < -0.39 is 17.1 Å². The third kappa shape index (κ3) is 4.96. The summed E-state index contributed by atoms with van der Waals surface area (Å²) < 4.78 is 11.4. The van der Waals surface area contributed by atoms with Crippen molar-refractivity contribution in [1.82, 2.24) is 4.90 Å². The van der Waals surface area contributed by atoms with Gasteiger partial charge in [-0.25, -0.2) is 0 Å². The molecule has 3 amide bonds. The summed E-state index contributed by atoms with van der Waals surface area (Å²) in [5.41, 5.74) is 2.29. The zero-order valence-electron chi connectivity index (χ0n) is 16.5. The average molecular weight is 538 g/mol. The Labute approximate surface area is 191 Å². The lowest BCUT2D eigenvalue weighted by molar-refractivity contribution is -0.127. The molecule has 0 aromatic heterocycles. The molecule has 0 aliphatic carbocycles. The van der Waals surface area contributed by atoms with E-state index in [1.165, 1.54) is 7.11 Å². The molecule has 0 radical (unpaired) electrons. The quantitative estimate of drug-likeness (QED) is 0.437. The van der Waals surface area contributed by atoms with Crippen LogP contribution in [0, 0.1) is 10.5 Å². The Bertz CT molecular complexity index is 1050. The fourth-order valence-corrected chi connectivity index (χ4v) is 4.56. The zero-order valence-corrected chi connectivity index (χ0v) is 19.5. The van der Waals surface area contributed by atoms with Gasteiger partial charge in [0.05, 0.1) is 22.7 Å². The van der Waals surface area contributed by atoms with E-state index in [-0.39, 0.29) is 11.4 Å². The first-order valence-corrected chi connectivity index (χ1v) is 10.8. The molecule has 1 aliphatic heterocycles. The highest BCUT2D eigenvalue weighted by atomic mass is 127. The van der Waals surface area contributed by atoms with Crippen LogP contribution in [0.25, 0.3) is 6.08 Å². The van der Waals surface area contributed by atoms with Crippen molar-refractivity contribution in [1.29, 1.82) is 0 Å². The summed E-state index contributed by atoms with van der Waals surface area (Å²) in [6.45, 7) is 1.56. The van der Waals surface area contributed by atoms with Crippen molar-refractivity contribution in [3.8, 4) is 11.5 Å². The highest BCUT2D eigenvalue weighted by Crippen LogP contribution is 2.37. The number of thioether (sulfide) groups is 1. The average Bonchev–Trinajstić information content (AvgIpc) is 2.94. The largest absolute Gasteiger partial charge is 0.493 e. The summed E-state index contributed by atoms with van der Waals surface area (Å²) in [4.78, 5) is 38.5. The number of nitrogens with one attached hydrogen (secondary N) is 1. The smallest absolute Gasteiger partial charge is 0.294 e. The fourth-order valence-electron chi connectivity index (χ4n) is 2.88. The molecule has 156 valence electrons. The van der Waals surface area contributed by atoms with Crippen molar-refractivity contribution in [3.63, 3.8) is 0 Å². The monoisotopic (exact) mass is 538 g/mol. The van der Waals surface area contributed by atoms with Gasteiger partial charge in [-0.05, 0) is 82.7 Å². The molecule has 2 aromatic rings. The van der Waals surface area contributed by atoms with Gasteiger partial charge in [-0.15, -0.1) is 0 Å².